The molecule has 1 aliphatic heterocycles. The summed E-state index contributed by atoms with van der Waals surface area (Å²) < 4.78 is 6.04. The first-order chi connectivity index (χ1) is 15.1. The monoisotopic (exact) mass is 414 g/mol. The standard InChI is InChI=1S/C27H30N2O2/c1-19-12-13-22(31-18-21-9-4-5-16-28-21)17-24(19)26(30)29-27(14-15-27)25-11-6-8-20-7-2-3-10-23(20)25/h2-3,6-8,10-13,17,21,28H,4-5,9,14-16,18H2,1H3,(H,29,30). The number of ether oxygens (including phenoxy) is 1. The summed E-state index contributed by atoms with van der Waals surface area (Å²) in [6.45, 7) is 3.69. The lowest BCUT2D eigenvalue weighted by molar-refractivity contribution is 0.0930. The van der Waals surface area contributed by atoms with Gasteiger partial charge in [-0.2, -0.15) is 0 Å². The summed E-state index contributed by atoms with van der Waals surface area (Å²) in [6.07, 6.45) is 5.57. The SMILES string of the molecule is Cc1ccc(OCC2CCCCN2)cc1C(=O)NC1(c2cccc3ccccc23)CC1. The molecule has 4 heteroatoms. The molecule has 4 nitrogen and oxygen atoms in total. The smallest absolute Gasteiger partial charge is 0.252 e. The Labute approximate surface area is 184 Å². The Morgan fingerprint density at radius 2 is 1.94 bits per heavy atom. The summed E-state index contributed by atoms with van der Waals surface area (Å²) in [7, 11) is 0. The van der Waals surface area contributed by atoms with E-state index in [1.807, 2.05) is 25.1 Å². The molecule has 0 spiro atoms. The Bertz CT molecular complexity index is 1090. The van der Waals surface area contributed by atoms with E-state index in [0.29, 0.717) is 18.2 Å². The Morgan fingerprint density at radius 3 is 2.74 bits per heavy atom. The van der Waals surface area contributed by atoms with Gasteiger partial charge in [0.05, 0.1) is 5.54 Å². The number of hydrogen-bond donors (Lipinski definition) is 2. The van der Waals surface area contributed by atoms with Gasteiger partial charge in [0.2, 0.25) is 0 Å². The van der Waals surface area contributed by atoms with Crippen LogP contribution in [0.5, 0.6) is 5.75 Å². The van der Waals surface area contributed by atoms with Crippen molar-refractivity contribution in [2.24, 2.45) is 0 Å². The highest BCUT2D eigenvalue weighted by molar-refractivity contribution is 5.97. The molecule has 2 fully saturated rings. The van der Waals surface area contributed by atoms with Crippen molar-refractivity contribution >= 4 is 16.7 Å². The third-order valence-corrected chi connectivity index (χ3v) is 6.73. The highest BCUT2D eigenvalue weighted by Crippen LogP contribution is 2.48. The number of rotatable bonds is 6. The van der Waals surface area contributed by atoms with Crippen molar-refractivity contribution in [1.29, 1.82) is 0 Å². The van der Waals surface area contributed by atoms with Gasteiger partial charge in [0, 0.05) is 11.6 Å². The molecule has 1 atom stereocenters. The lowest BCUT2D eigenvalue weighted by Gasteiger charge is -2.24. The van der Waals surface area contributed by atoms with Crippen molar-refractivity contribution in [1.82, 2.24) is 10.6 Å². The average molecular weight is 415 g/mol. The molecule has 0 bridgehead atoms. The molecule has 3 aromatic rings. The zero-order valence-electron chi connectivity index (χ0n) is 18.1. The first-order valence-corrected chi connectivity index (χ1v) is 11.4. The maximum Gasteiger partial charge on any atom is 0.252 e. The van der Waals surface area contributed by atoms with E-state index in [4.69, 9.17) is 4.74 Å². The van der Waals surface area contributed by atoms with Gasteiger partial charge >= 0.3 is 0 Å². The van der Waals surface area contributed by atoms with E-state index in [-0.39, 0.29) is 11.4 Å². The van der Waals surface area contributed by atoms with Crippen LogP contribution < -0.4 is 15.4 Å². The molecule has 1 heterocycles. The Balaban J connectivity index is 1.34. The van der Waals surface area contributed by atoms with Crippen LogP contribution in [0.2, 0.25) is 0 Å². The third-order valence-electron chi connectivity index (χ3n) is 6.73. The van der Waals surface area contributed by atoms with Gasteiger partial charge in [0.15, 0.2) is 0 Å². The van der Waals surface area contributed by atoms with E-state index in [2.05, 4.69) is 53.1 Å². The molecule has 1 unspecified atom stereocenters. The average Bonchev–Trinajstić information content (AvgIpc) is 3.59. The topological polar surface area (TPSA) is 50.4 Å². The minimum Gasteiger partial charge on any atom is -0.492 e. The second-order valence-corrected chi connectivity index (χ2v) is 9.00. The quantitative estimate of drug-likeness (QED) is 0.591. The van der Waals surface area contributed by atoms with Gasteiger partial charge in [0.25, 0.3) is 5.91 Å². The number of aryl methyl sites for hydroxylation is 1. The van der Waals surface area contributed by atoms with Gasteiger partial charge in [0.1, 0.15) is 12.4 Å². The number of hydrogen-bond acceptors (Lipinski definition) is 3. The summed E-state index contributed by atoms with van der Waals surface area (Å²) in [4.78, 5) is 13.3. The van der Waals surface area contributed by atoms with E-state index in [1.54, 1.807) is 0 Å². The van der Waals surface area contributed by atoms with Gasteiger partial charge in [-0.3, -0.25) is 4.79 Å². The molecule has 3 aromatic carbocycles. The van der Waals surface area contributed by atoms with E-state index >= 15 is 0 Å². The van der Waals surface area contributed by atoms with Crippen molar-refractivity contribution in [2.45, 2.75) is 50.6 Å². The first-order valence-electron chi connectivity index (χ1n) is 11.4. The molecule has 1 amide bonds. The maximum atomic E-state index is 13.3. The number of piperidine rings is 1. The molecule has 31 heavy (non-hydrogen) atoms. The Morgan fingerprint density at radius 1 is 1.10 bits per heavy atom. The van der Waals surface area contributed by atoms with Crippen molar-refractivity contribution in [3.8, 4) is 5.75 Å². The number of nitrogens with one attached hydrogen (secondary N) is 2. The van der Waals surface area contributed by atoms with Gasteiger partial charge in [-0.05, 0) is 73.2 Å². The summed E-state index contributed by atoms with van der Waals surface area (Å²) in [5.74, 6) is 0.738. The second kappa shape index (κ2) is 8.35. The fraction of sp³-hybridized carbons (Fsp3) is 0.370. The predicted octanol–water partition coefficient (Wildman–Crippen LogP) is 5.09. The number of benzene rings is 3. The highest BCUT2D eigenvalue weighted by atomic mass is 16.5. The van der Waals surface area contributed by atoms with Crippen LogP contribution >= 0.6 is 0 Å². The molecule has 2 N–H and O–H groups in total. The van der Waals surface area contributed by atoms with Crippen molar-refractivity contribution < 1.29 is 9.53 Å². The molecule has 1 aliphatic carbocycles. The minimum absolute atomic E-state index is 0.0239. The van der Waals surface area contributed by atoms with Gasteiger partial charge < -0.3 is 15.4 Å². The van der Waals surface area contributed by atoms with Crippen LogP contribution in [0.15, 0.2) is 60.7 Å². The van der Waals surface area contributed by atoms with Crippen LogP contribution in [0.4, 0.5) is 0 Å². The zero-order valence-corrected chi connectivity index (χ0v) is 18.1. The number of carbonyl (C=O) groups excluding carboxylic acids is 1. The predicted molar refractivity (Wildman–Crippen MR) is 125 cm³/mol. The van der Waals surface area contributed by atoms with Crippen molar-refractivity contribution in [3.05, 3.63) is 77.4 Å². The number of fused-ring (bicyclic) bond motifs is 1. The van der Waals surface area contributed by atoms with Crippen LogP contribution in [0.1, 0.15) is 53.6 Å². The number of amides is 1. The molecule has 5 rings (SSSR count). The Hall–Kier alpha value is -2.85. The fourth-order valence-corrected chi connectivity index (χ4v) is 4.71. The lowest BCUT2D eigenvalue weighted by atomic mass is 9.96. The van der Waals surface area contributed by atoms with Crippen molar-refractivity contribution in [2.75, 3.05) is 13.2 Å². The molecular weight excluding hydrogens is 384 g/mol. The molecule has 1 saturated heterocycles. The van der Waals surface area contributed by atoms with Crippen LogP contribution in [-0.4, -0.2) is 25.1 Å². The fourth-order valence-electron chi connectivity index (χ4n) is 4.71. The van der Waals surface area contributed by atoms with Crippen LogP contribution in [0.3, 0.4) is 0 Å². The second-order valence-electron chi connectivity index (χ2n) is 9.00. The molecule has 2 aliphatic rings. The van der Waals surface area contributed by atoms with Gasteiger partial charge in [-0.15, -0.1) is 0 Å². The maximum absolute atomic E-state index is 13.3. The number of carbonyl (C=O) groups is 1. The van der Waals surface area contributed by atoms with E-state index < -0.39 is 0 Å². The molecular formula is C27H30N2O2. The van der Waals surface area contributed by atoms with Crippen LogP contribution in [0.25, 0.3) is 10.8 Å². The van der Waals surface area contributed by atoms with Crippen molar-refractivity contribution in [3.63, 3.8) is 0 Å². The summed E-state index contributed by atoms with van der Waals surface area (Å²) >= 11 is 0. The largest absolute Gasteiger partial charge is 0.492 e. The zero-order chi connectivity index (χ0) is 21.3. The third kappa shape index (κ3) is 4.17. The van der Waals surface area contributed by atoms with Gasteiger partial charge in [-0.1, -0.05) is 55.0 Å². The normalized spacial score (nSPS) is 19.7. The van der Waals surface area contributed by atoms with Crippen LogP contribution in [0, 0.1) is 6.92 Å². The van der Waals surface area contributed by atoms with Crippen LogP contribution in [-0.2, 0) is 5.54 Å². The van der Waals surface area contributed by atoms with E-state index in [1.165, 1.54) is 29.2 Å². The van der Waals surface area contributed by atoms with Gasteiger partial charge in [-0.25, -0.2) is 0 Å². The summed E-state index contributed by atoms with van der Waals surface area (Å²) in [5.41, 5.74) is 2.61. The minimum atomic E-state index is -0.271. The molecule has 160 valence electrons. The molecule has 0 aromatic heterocycles. The molecule has 0 radical (unpaired) electrons. The lowest BCUT2D eigenvalue weighted by Crippen LogP contribution is -2.38. The summed E-state index contributed by atoms with van der Waals surface area (Å²) in [6, 6.07) is 21.0. The van der Waals surface area contributed by atoms with E-state index in [0.717, 1.165) is 37.1 Å². The highest BCUT2D eigenvalue weighted by Gasteiger charge is 2.46. The Kier molecular flexibility index (Phi) is 5.41. The van der Waals surface area contributed by atoms with E-state index in [9.17, 15) is 4.79 Å². The summed E-state index contributed by atoms with van der Waals surface area (Å²) in [5, 5.41) is 9.30. The first kappa shape index (κ1) is 20.1. The molecule has 1 saturated carbocycles.